The van der Waals surface area contributed by atoms with E-state index in [9.17, 15) is 18.0 Å². The molecule has 0 aliphatic carbocycles. The minimum atomic E-state index is -4.42. The van der Waals surface area contributed by atoms with Crippen LogP contribution in [0.25, 0.3) is 0 Å². The van der Waals surface area contributed by atoms with E-state index in [0.717, 1.165) is 12.1 Å². The van der Waals surface area contributed by atoms with Crippen molar-refractivity contribution in [2.24, 2.45) is 5.41 Å². The topological polar surface area (TPSA) is 47.6 Å². The molecule has 0 radical (unpaired) electrons. The second kappa shape index (κ2) is 6.63. The fourth-order valence-corrected chi connectivity index (χ4v) is 2.43. The highest BCUT2D eigenvalue weighted by molar-refractivity contribution is 5.68. The van der Waals surface area contributed by atoms with E-state index in [4.69, 9.17) is 9.47 Å². The Kier molecular flexibility index (Phi) is 5.13. The third kappa shape index (κ3) is 4.63. The standard InChI is InChI=1S/C17H22F3NO3/c1-10-13-7-11(17(18,19)20)5-6-12(13)14(8-23-10)21-15(22)24-9-16(2,3)4/h5-7,10,14H,8-9H2,1-4H3,(H,21,22). The van der Waals surface area contributed by atoms with Crippen LogP contribution in [0.4, 0.5) is 18.0 Å². The summed E-state index contributed by atoms with van der Waals surface area (Å²) < 4.78 is 49.3. The number of rotatable bonds is 2. The van der Waals surface area contributed by atoms with Gasteiger partial charge in [0.2, 0.25) is 0 Å². The molecule has 7 heteroatoms. The summed E-state index contributed by atoms with van der Waals surface area (Å²) in [6.07, 6.45) is -5.49. The minimum Gasteiger partial charge on any atom is -0.449 e. The van der Waals surface area contributed by atoms with E-state index in [1.165, 1.54) is 6.07 Å². The molecule has 24 heavy (non-hydrogen) atoms. The van der Waals surface area contributed by atoms with Gasteiger partial charge in [-0.25, -0.2) is 4.79 Å². The number of ether oxygens (including phenoxy) is 2. The Bertz CT molecular complexity index is 608. The van der Waals surface area contributed by atoms with Gasteiger partial charge < -0.3 is 14.8 Å². The molecule has 134 valence electrons. The maximum atomic E-state index is 12.9. The highest BCUT2D eigenvalue weighted by Gasteiger charge is 2.34. The number of halogens is 3. The summed E-state index contributed by atoms with van der Waals surface area (Å²) >= 11 is 0. The van der Waals surface area contributed by atoms with Crippen LogP contribution in [0.5, 0.6) is 0 Å². The molecule has 1 heterocycles. The van der Waals surface area contributed by atoms with Crippen molar-refractivity contribution in [1.82, 2.24) is 5.32 Å². The van der Waals surface area contributed by atoms with E-state index in [1.54, 1.807) is 6.92 Å². The third-order valence-corrected chi connectivity index (χ3v) is 3.67. The first-order valence-electron chi connectivity index (χ1n) is 7.73. The lowest BCUT2D eigenvalue weighted by molar-refractivity contribution is -0.137. The van der Waals surface area contributed by atoms with Crippen LogP contribution in [-0.2, 0) is 15.7 Å². The summed E-state index contributed by atoms with van der Waals surface area (Å²) in [6.45, 7) is 7.90. The molecule has 1 amide bonds. The average molecular weight is 345 g/mol. The molecule has 1 aromatic carbocycles. The largest absolute Gasteiger partial charge is 0.449 e. The number of fused-ring (bicyclic) bond motifs is 1. The fourth-order valence-electron chi connectivity index (χ4n) is 2.43. The van der Waals surface area contributed by atoms with Gasteiger partial charge in [-0.3, -0.25) is 0 Å². The Morgan fingerprint density at radius 1 is 1.29 bits per heavy atom. The Morgan fingerprint density at radius 3 is 2.54 bits per heavy atom. The summed E-state index contributed by atoms with van der Waals surface area (Å²) in [6, 6.07) is 2.96. The number of carbonyl (C=O) groups excluding carboxylic acids is 1. The van der Waals surface area contributed by atoms with Crippen molar-refractivity contribution < 1.29 is 27.4 Å². The molecular formula is C17H22F3NO3. The maximum absolute atomic E-state index is 12.9. The van der Waals surface area contributed by atoms with Crippen molar-refractivity contribution >= 4 is 6.09 Å². The predicted molar refractivity (Wildman–Crippen MR) is 82.5 cm³/mol. The van der Waals surface area contributed by atoms with Crippen molar-refractivity contribution in [2.45, 2.75) is 46.0 Å². The molecule has 2 unspecified atom stereocenters. The molecule has 0 fully saturated rings. The van der Waals surface area contributed by atoms with Crippen molar-refractivity contribution in [2.75, 3.05) is 13.2 Å². The SMILES string of the molecule is CC1OCC(NC(=O)OCC(C)(C)C)c2ccc(C(F)(F)F)cc21. The Labute approximate surface area is 139 Å². The van der Waals surface area contributed by atoms with Gasteiger partial charge in [-0.15, -0.1) is 0 Å². The molecule has 1 aromatic rings. The van der Waals surface area contributed by atoms with Crippen molar-refractivity contribution in [3.8, 4) is 0 Å². The molecular weight excluding hydrogens is 323 g/mol. The fraction of sp³-hybridized carbons (Fsp3) is 0.588. The number of carbonyl (C=O) groups is 1. The summed E-state index contributed by atoms with van der Waals surface area (Å²) in [5.74, 6) is 0. The van der Waals surface area contributed by atoms with Gasteiger partial charge in [0.1, 0.15) is 0 Å². The van der Waals surface area contributed by atoms with Gasteiger partial charge in [0.25, 0.3) is 0 Å². The van der Waals surface area contributed by atoms with Gasteiger partial charge >= 0.3 is 12.3 Å². The Morgan fingerprint density at radius 2 is 1.96 bits per heavy atom. The molecule has 0 bridgehead atoms. The highest BCUT2D eigenvalue weighted by atomic mass is 19.4. The Balaban J connectivity index is 2.15. The van der Waals surface area contributed by atoms with E-state index >= 15 is 0 Å². The molecule has 2 atom stereocenters. The Hall–Kier alpha value is -1.76. The normalized spacial score (nSPS) is 21.1. The number of nitrogens with one attached hydrogen (secondary N) is 1. The first kappa shape index (κ1) is 18.6. The summed E-state index contributed by atoms with van der Waals surface area (Å²) in [4.78, 5) is 11.9. The summed E-state index contributed by atoms with van der Waals surface area (Å²) in [7, 11) is 0. The van der Waals surface area contributed by atoms with E-state index < -0.39 is 30.0 Å². The lowest BCUT2D eigenvalue weighted by Gasteiger charge is -2.31. The van der Waals surface area contributed by atoms with Crippen LogP contribution in [0, 0.1) is 5.41 Å². The first-order valence-corrected chi connectivity index (χ1v) is 7.73. The van der Waals surface area contributed by atoms with Gasteiger partial charge in [0.15, 0.2) is 0 Å². The van der Waals surface area contributed by atoms with Crippen LogP contribution in [0.2, 0.25) is 0 Å². The predicted octanol–water partition coefficient (Wildman–Crippen LogP) is 4.61. The van der Waals surface area contributed by atoms with Crippen LogP contribution < -0.4 is 5.32 Å². The maximum Gasteiger partial charge on any atom is 0.416 e. The zero-order valence-electron chi connectivity index (χ0n) is 14.2. The third-order valence-electron chi connectivity index (χ3n) is 3.67. The van der Waals surface area contributed by atoms with Crippen molar-refractivity contribution in [1.29, 1.82) is 0 Å². The second-order valence-electron chi connectivity index (χ2n) is 7.15. The van der Waals surface area contributed by atoms with Crippen LogP contribution in [0.15, 0.2) is 18.2 Å². The number of amides is 1. The zero-order valence-corrected chi connectivity index (χ0v) is 14.2. The molecule has 0 aromatic heterocycles. The van der Waals surface area contributed by atoms with E-state index in [2.05, 4.69) is 5.32 Å². The van der Waals surface area contributed by atoms with Crippen LogP contribution >= 0.6 is 0 Å². The molecule has 1 aliphatic rings. The lowest BCUT2D eigenvalue weighted by Crippen LogP contribution is -2.36. The van der Waals surface area contributed by atoms with Crippen LogP contribution in [-0.4, -0.2) is 19.3 Å². The minimum absolute atomic E-state index is 0.172. The molecule has 2 rings (SSSR count). The van der Waals surface area contributed by atoms with Gasteiger partial charge in [0, 0.05) is 0 Å². The van der Waals surface area contributed by atoms with E-state index in [1.807, 2.05) is 20.8 Å². The summed E-state index contributed by atoms with van der Waals surface area (Å²) in [5, 5.41) is 2.66. The average Bonchev–Trinajstić information content (AvgIpc) is 2.46. The van der Waals surface area contributed by atoms with Crippen molar-refractivity contribution in [3.63, 3.8) is 0 Å². The number of hydrogen-bond donors (Lipinski definition) is 1. The number of alkyl halides is 3. The number of hydrogen-bond acceptors (Lipinski definition) is 3. The summed E-state index contributed by atoms with van der Waals surface area (Å²) in [5.41, 5.74) is 0.147. The van der Waals surface area contributed by atoms with Gasteiger partial charge in [-0.05, 0) is 35.6 Å². The van der Waals surface area contributed by atoms with E-state index in [0.29, 0.717) is 11.1 Å². The number of alkyl carbamates (subject to hydrolysis) is 1. The highest BCUT2D eigenvalue weighted by Crippen LogP contribution is 2.37. The smallest absolute Gasteiger partial charge is 0.416 e. The molecule has 1 N–H and O–H groups in total. The molecule has 1 aliphatic heterocycles. The van der Waals surface area contributed by atoms with E-state index in [-0.39, 0.29) is 18.6 Å². The first-order chi connectivity index (χ1) is 11.0. The zero-order chi connectivity index (χ0) is 18.1. The lowest BCUT2D eigenvalue weighted by atomic mass is 9.93. The quantitative estimate of drug-likeness (QED) is 0.851. The van der Waals surface area contributed by atoms with Gasteiger partial charge in [-0.2, -0.15) is 13.2 Å². The van der Waals surface area contributed by atoms with Gasteiger partial charge in [0.05, 0.1) is 30.9 Å². The molecule has 4 nitrogen and oxygen atoms in total. The molecule has 0 saturated heterocycles. The molecule has 0 spiro atoms. The van der Waals surface area contributed by atoms with Crippen LogP contribution in [0.3, 0.4) is 0 Å². The number of benzene rings is 1. The second-order valence-corrected chi connectivity index (χ2v) is 7.15. The molecule has 0 saturated carbocycles. The van der Waals surface area contributed by atoms with Gasteiger partial charge in [-0.1, -0.05) is 26.8 Å². The van der Waals surface area contributed by atoms with Crippen molar-refractivity contribution in [3.05, 3.63) is 34.9 Å². The monoisotopic (exact) mass is 345 g/mol. The van der Waals surface area contributed by atoms with Crippen LogP contribution in [0.1, 0.15) is 56.5 Å².